The van der Waals surface area contributed by atoms with Crippen LogP contribution in [0, 0.1) is 0 Å². The lowest BCUT2D eigenvalue weighted by atomic mass is 10.1. The molecule has 0 atom stereocenters. The maximum atomic E-state index is 12.8. The van der Waals surface area contributed by atoms with Gasteiger partial charge in [-0.2, -0.15) is 0 Å². The summed E-state index contributed by atoms with van der Waals surface area (Å²) in [5, 5.41) is 1.82. The summed E-state index contributed by atoms with van der Waals surface area (Å²) in [5.41, 5.74) is 2.58. The molecule has 0 spiro atoms. The minimum atomic E-state index is -3.67. The first-order valence-electron chi connectivity index (χ1n) is 7.45. The van der Waals surface area contributed by atoms with Crippen LogP contribution in [-0.2, 0) is 16.6 Å². The highest BCUT2D eigenvalue weighted by Crippen LogP contribution is 2.45. The molecular weight excluding hydrogens is 332 g/mol. The van der Waals surface area contributed by atoms with E-state index in [4.69, 9.17) is 0 Å². The van der Waals surface area contributed by atoms with Gasteiger partial charge in [0.2, 0.25) is 0 Å². The van der Waals surface area contributed by atoms with E-state index in [0.29, 0.717) is 27.9 Å². The van der Waals surface area contributed by atoms with Gasteiger partial charge in [0.15, 0.2) is 0 Å². The van der Waals surface area contributed by atoms with Crippen LogP contribution in [0.25, 0.3) is 0 Å². The second kappa shape index (κ2) is 5.07. The molecule has 1 fully saturated rings. The quantitative estimate of drug-likeness (QED) is 0.923. The normalized spacial score (nSPS) is 17.4. The number of nitrogens with one attached hydrogen (secondary N) is 1. The molecule has 5 nitrogen and oxygen atoms in total. The van der Waals surface area contributed by atoms with Gasteiger partial charge in [0, 0.05) is 13.6 Å². The van der Waals surface area contributed by atoms with E-state index in [1.165, 1.54) is 11.3 Å². The molecule has 1 N–H and O–H groups in total. The molecule has 1 aliphatic heterocycles. The molecule has 1 aromatic heterocycles. The van der Waals surface area contributed by atoms with Crippen LogP contribution in [0.4, 0.5) is 5.69 Å². The first-order chi connectivity index (χ1) is 11.0. The van der Waals surface area contributed by atoms with E-state index in [9.17, 15) is 13.2 Å². The standard InChI is InChI=1S/C16H16N2O3S2/c1-18-9-11-3-2-4-13(14(11)15(18)19)17-23(20,21)16-12(7-8-22-16)10-5-6-10/h2-4,7-8,10,17H,5-6,9H2,1H3. The molecule has 0 saturated heterocycles. The van der Waals surface area contributed by atoms with Crippen LogP contribution >= 0.6 is 11.3 Å². The highest BCUT2D eigenvalue weighted by atomic mass is 32.2. The Morgan fingerprint density at radius 3 is 2.78 bits per heavy atom. The summed E-state index contributed by atoms with van der Waals surface area (Å²) in [6.45, 7) is 0.510. The van der Waals surface area contributed by atoms with Gasteiger partial charge in [0.1, 0.15) is 4.21 Å². The van der Waals surface area contributed by atoms with E-state index in [-0.39, 0.29) is 5.91 Å². The molecule has 2 heterocycles. The Balaban J connectivity index is 1.73. The molecule has 120 valence electrons. The van der Waals surface area contributed by atoms with Crippen LogP contribution in [0.15, 0.2) is 33.9 Å². The third kappa shape index (κ3) is 2.44. The fraction of sp³-hybridized carbons (Fsp3) is 0.312. The molecule has 1 aromatic carbocycles. The summed E-state index contributed by atoms with van der Waals surface area (Å²) in [6.07, 6.45) is 2.09. The number of rotatable bonds is 4. The van der Waals surface area contributed by atoms with Crippen LogP contribution < -0.4 is 4.72 Å². The molecule has 2 aliphatic rings. The van der Waals surface area contributed by atoms with Crippen LogP contribution in [0.5, 0.6) is 0 Å². The number of sulfonamides is 1. The number of thiophene rings is 1. The zero-order valence-electron chi connectivity index (χ0n) is 12.6. The Labute approximate surface area is 139 Å². The lowest BCUT2D eigenvalue weighted by Gasteiger charge is -2.11. The summed E-state index contributed by atoms with van der Waals surface area (Å²) in [5.74, 6) is 0.217. The van der Waals surface area contributed by atoms with Gasteiger partial charge in [0.05, 0.1) is 11.3 Å². The SMILES string of the molecule is CN1Cc2cccc(NS(=O)(=O)c3sccc3C3CC3)c2C1=O. The van der Waals surface area contributed by atoms with E-state index >= 15 is 0 Å². The van der Waals surface area contributed by atoms with Gasteiger partial charge in [0.25, 0.3) is 15.9 Å². The Hall–Kier alpha value is -1.86. The summed E-state index contributed by atoms with van der Waals surface area (Å²) in [4.78, 5) is 13.9. The molecule has 1 saturated carbocycles. The number of fused-ring (bicyclic) bond motifs is 1. The topological polar surface area (TPSA) is 66.5 Å². The second-order valence-electron chi connectivity index (χ2n) is 6.04. The monoisotopic (exact) mass is 348 g/mol. The van der Waals surface area contributed by atoms with Crippen LogP contribution in [0.1, 0.15) is 40.2 Å². The number of anilines is 1. The van der Waals surface area contributed by atoms with Crippen LogP contribution in [0.3, 0.4) is 0 Å². The van der Waals surface area contributed by atoms with Crippen molar-refractivity contribution < 1.29 is 13.2 Å². The smallest absolute Gasteiger partial charge is 0.271 e. The summed E-state index contributed by atoms with van der Waals surface area (Å²) >= 11 is 1.23. The molecule has 7 heteroatoms. The molecule has 0 radical (unpaired) electrons. The number of hydrogen-bond acceptors (Lipinski definition) is 4. The molecular formula is C16H16N2O3S2. The van der Waals surface area contributed by atoms with Crippen molar-refractivity contribution in [2.24, 2.45) is 0 Å². The predicted molar refractivity (Wildman–Crippen MR) is 89.3 cm³/mol. The van der Waals surface area contributed by atoms with Crippen molar-refractivity contribution in [3.63, 3.8) is 0 Å². The van der Waals surface area contributed by atoms with Gasteiger partial charge in [-0.1, -0.05) is 12.1 Å². The maximum absolute atomic E-state index is 12.8. The van der Waals surface area contributed by atoms with Crippen molar-refractivity contribution in [2.75, 3.05) is 11.8 Å². The molecule has 0 unspecified atom stereocenters. The van der Waals surface area contributed by atoms with E-state index in [1.54, 1.807) is 24.1 Å². The summed E-state index contributed by atoms with van der Waals surface area (Å²) < 4.78 is 28.6. The Kier molecular flexibility index (Phi) is 3.24. The van der Waals surface area contributed by atoms with Crippen molar-refractivity contribution >= 4 is 33.0 Å². The first-order valence-corrected chi connectivity index (χ1v) is 9.81. The third-order valence-electron chi connectivity index (χ3n) is 4.28. The molecule has 0 bridgehead atoms. The molecule has 23 heavy (non-hydrogen) atoms. The van der Waals surface area contributed by atoms with E-state index in [1.807, 2.05) is 17.5 Å². The van der Waals surface area contributed by atoms with Crippen molar-refractivity contribution in [2.45, 2.75) is 29.5 Å². The minimum Gasteiger partial charge on any atom is -0.337 e. The van der Waals surface area contributed by atoms with E-state index < -0.39 is 10.0 Å². The maximum Gasteiger partial charge on any atom is 0.271 e. The Morgan fingerprint density at radius 1 is 1.26 bits per heavy atom. The lowest BCUT2D eigenvalue weighted by Crippen LogP contribution is -2.20. The molecule has 4 rings (SSSR count). The number of nitrogens with zero attached hydrogens (tertiary/aromatic N) is 1. The molecule has 2 aromatic rings. The number of benzene rings is 1. The zero-order valence-corrected chi connectivity index (χ0v) is 14.2. The van der Waals surface area contributed by atoms with Gasteiger partial charge >= 0.3 is 0 Å². The lowest BCUT2D eigenvalue weighted by molar-refractivity contribution is 0.0817. The first kappa shape index (κ1) is 14.7. The number of carbonyl (C=O) groups is 1. The average Bonchev–Trinajstić information content (AvgIpc) is 3.14. The van der Waals surface area contributed by atoms with Crippen LogP contribution in [-0.4, -0.2) is 26.3 Å². The van der Waals surface area contributed by atoms with Crippen LogP contribution in [0.2, 0.25) is 0 Å². The average molecular weight is 348 g/mol. The Morgan fingerprint density at radius 2 is 2.04 bits per heavy atom. The van der Waals surface area contributed by atoms with Gasteiger partial charge in [-0.3, -0.25) is 9.52 Å². The van der Waals surface area contributed by atoms with Gasteiger partial charge in [-0.05, 0) is 47.4 Å². The number of amides is 1. The Bertz CT molecular complexity index is 898. The summed E-state index contributed by atoms with van der Waals surface area (Å²) in [7, 11) is -1.96. The molecule has 1 aliphatic carbocycles. The zero-order chi connectivity index (χ0) is 16.2. The van der Waals surface area contributed by atoms with Crippen molar-refractivity contribution in [3.8, 4) is 0 Å². The largest absolute Gasteiger partial charge is 0.337 e. The molecule has 1 amide bonds. The van der Waals surface area contributed by atoms with E-state index in [2.05, 4.69) is 4.72 Å². The minimum absolute atomic E-state index is 0.146. The highest BCUT2D eigenvalue weighted by molar-refractivity contribution is 7.94. The second-order valence-corrected chi connectivity index (χ2v) is 8.84. The van der Waals surface area contributed by atoms with E-state index in [0.717, 1.165) is 24.0 Å². The fourth-order valence-electron chi connectivity index (χ4n) is 3.00. The number of hydrogen-bond donors (Lipinski definition) is 1. The van der Waals surface area contributed by atoms with Gasteiger partial charge in [-0.15, -0.1) is 11.3 Å². The number of carbonyl (C=O) groups excluding carboxylic acids is 1. The summed E-state index contributed by atoms with van der Waals surface area (Å²) in [6, 6.07) is 7.18. The predicted octanol–water partition coefficient (Wildman–Crippen LogP) is 3.01. The third-order valence-corrected chi connectivity index (χ3v) is 7.16. The van der Waals surface area contributed by atoms with Crippen molar-refractivity contribution in [3.05, 3.63) is 46.3 Å². The fourth-order valence-corrected chi connectivity index (χ4v) is 5.60. The van der Waals surface area contributed by atoms with Crippen molar-refractivity contribution in [1.29, 1.82) is 0 Å². The van der Waals surface area contributed by atoms with Crippen molar-refractivity contribution in [1.82, 2.24) is 4.90 Å². The van der Waals surface area contributed by atoms with Gasteiger partial charge < -0.3 is 4.90 Å². The van der Waals surface area contributed by atoms with Gasteiger partial charge in [-0.25, -0.2) is 8.42 Å². The highest BCUT2D eigenvalue weighted by Gasteiger charge is 2.33.